The Morgan fingerprint density at radius 3 is 0.720 bits per heavy atom. The standard InChI is InChI=1S/C10H18.4C9H17N/c1-9(2)7-5-6-8-10(3)4;2*1-8(2)5-6-10-7-9(3)4;2*1-8(2)6-5-7-10-9(3)4/h5-10H,1-4H3;4*5-9H,1-4H3/b7-5-,8-6-;4*6-5-,10-7?. The fraction of sp³-hybridized carbons (Fsp3) is 0.652. The Labute approximate surface area is 315 Å². The highest BCUT2D eigenvalue weighted by molar-refractivity contribution is 5.71. The van der Waals surface area contributed by atoms with Crippen LogP contribution in [0, 0.1) is 47.3 Å². The van der Waals surface area contributed by atoms with Crippen molar-refractivity contribution in [1.29, 1.82) is 0 Å². The maximum Gasteiger partial charge on any atom is 0.0443 e. The number of nitrogens with zero attached hydrogens (tertiary/aromatic N) is 4. The summed E-state index contributed by atoms with van der Waals surface area (Å²) in [7, 11) is 0. The number of rotatable bonds is 15. The van der Waals surface area contributed by atoms with E-state index in [4.69, 9.17) is 0 Å². The van der Waals surface area contributed by atoms with Crippen LogP contribution in [0.4, 0.5) is 0 Å². The molecule has 4 nitrogen and oxygen atoms in total. The van der Waals surface area contributed by atoms with Gasteiger partial charge in [0.05, 0.1) is 0 Å². The summed E-state index contributed by atoms with van der Waals surface area (Å²) in [5.74, 6) is 4.88. The first kappa shape index (κ1) is 56.5. The summed E-state index contributed by atoms with van der Waals surface area (Å²) in [5, 5.41) is 0. The van der Waals surface area contributed by atoms with Gasteiger partial charge < -0.3 is 0 Å². The molecular weight excluding hydrogens is 609 g/mol. The average molecular weight is 695 g/mol. The van der Waals surface area contributed by atoms with Gasteiger partial charge >= 0.3 is 0 Å². The zero-order valence-electron chi connectivity index (χ0n) is 36.8. The van der Waals surface area contributed by atoms with E-state index in [0.717, 1.165) is 0 Å². The summed E-state index contributed by atoms with van der Waals surface area (Å²) in [6, 6.07) is 0.827. The third-order valence-electron chi connectivity index (χ3n) is 4.92. The molecule has 0 bridgehead atoms. The second-order valence-corrected chi connectivity index (χ2v) is 15.6. The molecule has 0 radical (unpaired) electrons. The summed E-state index contributed by atoms with van der Waals surface area (Å²) in [6.07, 6.45) is 32.4. The second-order valence-electron chi connectivity index (χ2n) is 15.6. The molecule has 0 amide bonds. The zero-order valence-corrected chi connectivity index (χ0v) is 36.8. The molecule has 0 heterocycles. The van der Waals surface area contributed by atoms with Crippen LogP contribution in [0.3, 0.4) is 0 Å². The first-order valence-corrected chi connectivity index (χ1v) is 19.3. The van der Waals surface area contributed by atoms with Gasteiger partial charge in [0, 0.05) is 49.3 Å². The van der Waals surface area contributed by atoms with Gasteiger partial charge in [0.1, 0.15) is 0 Å². The van der Waals surface area contributed by atoms with Crippen molar-refractivity contribution in [3.63, 3.8) is 0 Å². The molecule has 0 aliphatic rings. The maximum atomic E-state index is 4.18. The van der Waals surface area contributed by atoms with Crippen LogP contribution in [0.25, 0.3) is 0 Å². The van der Waals surface area contributed by atoms with E-state index in [1.165, 1.54) is 0 Å². The van der Waals surface area contributed by atoms with Gasteiger partial charge in [0.2, 0.25) is 0 Å². The Bertz CT molecular complexity index is 706. The molecule has 4 heteroatoms. The molecule has 0 aromatic heterocycles. The Morgan fingerprint density at radius 2 is 0.520 bits per heavy atom. The van der Waals surface area contributed by atoms with Crippen LogP contribution in [0.1, 0.15) is 138 Å². The molecule has 0 spiro atoms. The summed E-state index contributed by atoms with van der Waals surface area (Å²) in [5.41, 5.74) is 0. The van der Waals surface area contributed by atoms with Crippen LogP contribution in [-0.4, -0.2) is 36.9 Å². The van der Waals surface area contributed by atoms with Crippen molar-refractivity contribution in [3.8, 4) is 0 Å². The van der Waals surface area contributed by atoms with Gasteiger partial charge in [0.25, 0.3) is 0 Å². The lowest BCUT2D eigenvalue weighted by molar-refractivity contribution is 0.825. The summed E-state index contributed by atoms with van der Waals surface area (Å²) < 4.78 is 0. The first-order chi connectivity index (χ1) is 23.1. The topological polar surface area (TPSA) is 49.4 Å². The van der Waals surface area contributed by atoms with Crippen LogP contribution < -0.4 is 0 Å². The van der Waals surface area contributed by atoms with Crippen LogP contribution in [0.5, 0.6) is 0 Å². The van der Waals surface area contributed by atoms with Gasteiger partial charge in [-0.25, -0.2) is 0 Å². The van der Waals surface area contributed by atoms with Gasteiger partial charge in [-0.3, -0.25) is 20.0 Å². The van der Waals surface area contributed by atoms with Crippen molar-refractivity contribution < 1.29 is 0 Å². The molecule has 50 heavy (non-hydrogen) atoms. The van der Waals surface area contributed by atoms with Gasteiger partial charge in [-0.05, 0) is 87.2 Å². The fourth-order valence-electron chi connectivity index (χ4n) is 2.45. The SMILES string of the molecule is CC(C)/C=C\C=C/C(C)C.CC(C)/C=C\C=NC(C)C.CC(C)/C=C\C=NC(C)C.CC(C)C=N/C=C\C(C)C.CC(C)C=N/C=C\C(C)C. The van der Waals surface area contributed by atoms with Crippen molar-refractivity contribution in [3.05, 3.63) is 73.2 Å². The number of aliphatic imine (C=N–C) groups is 4. The molecule has 0 aliphatic heterocycles. The average Bonchev–Trinajstić information content (AvgIpc) is 2.97. The van der Waals surface area contributed by atoms with Crippen LogP contribution in [-0.2, 0) is 0 Å². The van der Waals surface area contributed by atoms with Crippen molar-refractivity contribution in [2.45, 2.75) is 151 Å². The van der Waals surface area contributed by atoms with E-state index in [1.54, 1.807) is 0 Å². The quantitative estimate of drug-likeness (QED) is 0.121. The number of allylic oxidation sites excluding steroid dienone is 10. The lowest BCUT2D eigenvalue weighted by Crippen LogP contribution is -1.87. The highest BCUT2D eigenvalue weighted by Crippen LogP contribution is 1.98. The Balaban J connectivity index is -0.000000169. The van der Waals surface area contributed by atoms with Crippen molar-refractivity contribution in [2.75, 3.05) is 0 Å². The van der Waals surface area contributed by atoms with Crippen molar-refractivity contribution >= 4 is 24.9 Å². The molecule has 0 atom stereocenters. The molecule has 0 saturated carbocycles. The third-order valence-corrected chi connectivity index (χ3v) is 4.92. The molecular formula is C46H86N4. The normalized spacial score (nSPS) is 13.0. The smallest absolute Gasteiger partial charge is 0.0443 e. The molecule has 0 rings (SSSR count). The Kier molecular flexibility index (Phi) is 47.8. The molecule has 0 saturated heterocycles. The van der Waals surface area contributed by atoms with Gasteiger partial charge in [-0.2, -0.15) is 0 Å². The van der Waals surface area contributed by atoms with E-state index in [2.05, 4.69) is 207 Å². The third kappa shape index (κ3) is 85.1. The molecule has 0 fully saturated rings. The summed E-state index contributed by atoms with van der Waals surface area (Å²) >= 11 is 0. The molecule has 290 valence electrons. The van der Waals surface area contributed by atoms with E-state index in [1.807, 2.05) is 49.4 Å². The highest BCUT2D eigenvalue weighted by Gasteiger charge is 1.85. The summed E-state index contributed by atoms with van der Waals surface area (Å²) in [6.45, 7) is 42.6. The largest absolute Gasteiger partial charge is 0.290 e. The monoisotopic (exact) mass is 695 g/mol. The van der Waals surface area contributed by atoms with Gasteiger partial charge in [-0.15, -0.1) is 0 Å². The molecule has 0 aliphatic carbocycles. The minimum absolute atomic E-state index is 0.414. The Hall–Kier alpha value is -2.88. The van der Waals surface area contributed by atoms with E-state index < -0.39 is 0 Å². The van der Waals surface area contributed by atoms with Crippen LogP contribution in [0.2, 0.25) is 0 Å². The lowest BCUT2D eigenvalue weighted by atomic mass is 10.2. The maximum absolute atomic E-state index is 4.18. The van der Waals surface area contributed by atoms with Gasteiger partial charge in [0.15, 0.2) is 0 Å². The number of hydrogen-bond acceptors (Lipinski definition) is 4. The van der Waals surface area contributed by atoms with Crippen molar-refractivity contribution in [2.24, 2.45) is 67.3 Å². The minimum atomic E-state index is 0.414. The minimum Gasteiger partial charge on any atom is -0.290 e. The first-order valence-electron chi connectivity index (χ1n) is 19.3. The van der Waals surface area contributed by atoms with Crippen LogP contribution >= 0.6 is 0 Å². The zero-order chi connectivity index (χ0) is 39.9. The second kappa shape index (κ2) is 42.3. The Morgan fingerprint density at radius 1 is 0.280 bits per heavy atom. The van der Waals surface area contributed by atoms with Crippen molar-refractivity contribution in [1.82, 2.24) is 0 Å². The van der Waals surface area contributed by atoms with E-state index in [0.29, 0.717) is 59.4 Å². The van der Waals surface area contributed by atoms with E-state index >= 15 is 0 Å². The molecule has 0 unspecified atom stereocenters. The highest BCUT2D eigenvalue weighted by atomic mass is 14.7. The fourth-order valence-corrected chi connectivity index (χ4v) is 2.45. The van der Waals surface area contributed by atoms with Crippen LogP contribution in [0.15, 0.2) is 93.1 Å². The van der Waals surface area contributed by atoms with E-state index in [9.17, 15) is 0 Å². The summed E-state index contributed by atoms with van der Waals surface area (Å²) in [4.78, 5) is 16.6. The predicted molar refractivity (Wildman–Crippen MR) is 238 cm³/mol. The molecule has 0 N–H and O–H groups in total. The molecule has 0 aromatic carbocycles. The lowest BCUT2D eigenvalue weighted by Gasteiger charge is -1.92. The molecule has 0 aromatic rings. The van der Waals surface area contributed by atoms with Gasteiger partial charge in [-0.1, -0.05) is 159 Å². The predicted octanol–water partition coefficient (Wildman–Crippen LogP) is 14.5. The number of hydrogen-bond donors (Lipinski definition) is 0. The van der Waals surface area contributed by atoms with E-state index in [-0.39, 0.29) is 0 Å².